The van der Waals surface area contributed by atoms with Gasteiger partial charge in [-0.3, -0.25) is 9.59 Å². The number of likely N-dealkylation sites (N-methyl/N-ethyl adjacent to an activating group) is 1. The van der Waals surface area contributed by atoms with Crippen molar-refractivity contribution in [1.29, 1.82) is 0 Å². The van der Waals surface area contributed by atoms with Crippen molar-refractivity contribution >= 4 is 11.9 Å². The molecule has 0 aromatic heterocycles. The van der Waals surface area contributed by atoms with Crippen LogP contribution in [0.5, 0.6) is 0 Å². The van der Waals surface area contributed by atoms with Crippen molar-refractivity contribution in [2.75, 3.05) is 13.6 Å². The SMILES string of the molecule is CCCC(CNC(=O)C(C)(C)NC)C(=O)O. The van der Waals surface area contributed by atoms with Gasteiger partial charge in [0.15, 0.2) is 0 Å². The van der Waals surface area contributed by atoms with E-state index in [0.29, 0.717) is 6.42 Å². The first-order valence-electron chi connectivity index (χ1n) is 5.55. The molecule has 0 aliphatic carbocycles. The second-order valence-corrected chi connectivity index (χ2v) is 4.41. The van der Waals surface area contributed by atoms with Crippen LogP contribution in [0.25, 0.3) is 0 Å². The van der Waals surface area contributed by atoms with Gasteiger partial charge in [0.1, 0.15) is 0 Å². The van der Waals surface area contributed by atoms with Gasteiger partial charge in [0.2, 0.25) is 5.91 Å². The van der Waals surface area contributed by atoms with E-state index in [4.69, 9.17) is 5.11 Å². The molecule has 0 radical (unpaired) electrons. The molecule has 16 heavy (non-hydrogen) atoms. The van der Waals surface area contributed by atoms with Crippen molar-refractivity contribution in [3.63, 3.8) is 0 Å². The standard InChI is InChI=1S/C11H22N2O3/c1-5-6-8(9(14)15)7-13-10(16)11(2,3)12-4/h8,12H,5-7H2,1-4H3,(H,13,16)(H,14,15). The minimum atomic E-state index is -0.857. The molecular formula is C11H22N2O3. The fourth-order valence-electron chi connectivity index (χ4n) is 1.21. The van der Waals surface area contributed by atoms with Gasteiger partial charge in [0, 0.05) is 6.54 Å². The summed E-state index contributed by atoms with van der Waals surface area (Å²) in [7, 11) is 1.69. The first-order chi connectivity index (χ1) is 7.35. The number of aliphatic carboxylic acids is 1. The number of carboxylic acid groups (broad SMARTS) is 1. The maximum absolute atomic E-state index is 11.7. The highest BCUT2D eigenvalue weighted by atomic mass is 16.4. The summed E-state index contributed by atoms with van der Waals surface area (Å²) < 4.78 is 0. The molecule has 0 fully saturated rings. The number of nitrogens with one attached hydrogen (secondary N) is 2. The predicted molar refractivity (Wildman–Crippen MR) is 62.2 cm³/mol. The van der Waals surface area contributed by atoms with Crippen LogP contribution in [0.1, 0.15) is 33.6 Å². The lowest BCUT2D eigenvalue weighted by Gasteiger charge is -2.23. The predicted octanol–water partition coefficient (Wildman–Crippen LogP) is 0.602. The Kier molecular flexibility index (Phi) is 6.03. The zero-order valence-corrected chi connectivity index (χ0v) is 10.5. The zero-order chi connectivity index (χ0) is 12.8. The molecule has 0 aliphatic rings. The topological polar surface area (TPSA) is 78.4 Å². The van der Waals surface area contributed by atoms with Gasteiger partial charge in [0.25, 0.3) is 0 Å². The fraction of sp³-hybridized carbons (Fsp3) is 0.818. The Morgan fingerprint density at radius 3 is 2.31 bits per heavy atom. The first-order valence-corrected chi connectivity index (χ1v) is 5.55. The highest BCUT2D eigenvalue weighted by Gasteiger charge is 2.26. The van der Waals surface area contributed by atoms with Gasteiger partial charge < -0.3 is 15.7 Å². The smallest absolute Gasteiger partial charge is 0.308 e. The average Bonchev–Trinajstić information content (AvgIpc) is 2.23. The molecule has 1 unspecified atom stereocenters. The van der Waals surface area contributed by atoms with Crippen LogP contribution in [0.2, 0.25) is 0 Å². The molecule has 0 spiro atoms. The Morgan fingerprint density at radius 1 is 1.38 bits per heavy atom. The molecule has 0 saturated carbocycles. The van der Waals surface area contributed by atoms with Crippen LogP contribution in [-0.2, 0) is 9.59 Å². The molecule has 5 heteroatoms. The lowest BCUT2D eigenvalue weighted by Crippen LogP contribution is -2.52. The van der Waals surface area contributed by atoms with E-state index in [9.17, 15) is 9.59 Å². The van der Waals surface area contributed by atoms with Gasteiger partial charge in [-0.1, -0.05) is 13.3 Å². The van der Waals surface area contributed by atoms with Crippen LogP contribution >= 0.6 is 0 Å². The maximum Gasteiger partial charge on any atom is 0.308 e. The summed E-state index contributed by atoms with van der Waals surface area (Å²) in [5.41, 5.74) is -0.671. The molecule has 0 saturated heterocycles. The van der Waals surface area contributed by atoms with Crippen LogP contribution in [0.4, 0.5) is 0 Å². The summed E-state index contributed by atoms with van der Waals surface area (Å²) in [6, 6.07) is 0. The molecule has 0 bridgehead atoms. The minimum absolute atomic E-state index is 0.183. The van der Waals surface area contributed by atoms with Crippen molar-refractivity contribution in [3.8, 4) is 0 Å². The normalized spacial score (nSPS) is 13.2. The Hall–Kier alpha value is -1.10. The van der Waals surface area contributed by atoms with E-state index >= 15 is 0 Å². The molecule has 1 atom stereocenters. The third-order valence-electron chi connectivity index (χ3n) is 2.69. The summed E-state index contributed by atoms with van der Waals surface area (Å²) in [5, 5.41) is 14.4. The molecule has 5 nitrogen and oxygen atoms in total. The number of hydrogen-bond acceptors (Lipinski definition) is 3. The average molecular weight is 230 g/mol. The minimum Gasteiger partial charge on any atom is -0.481 e. The van der Waals surface area contributed by atoms with Crippen molar-refractivity contribution in [3.05, 3.63) is 0 Å². The molecular weight excluding hydrogens is 208 g/mol. The monoisotopic (exact) mass is 230 g/mol. The number of carbonyl (C=O) groups excluding carboxylic acids is 1. The lowest BCUT2D eigenvalue weighted by molar-refractivity contribution is -0.142. The second kappa shape index (κ2) is 6.48. The number of carbonyl (C=O) groups is 2. The summed E-state index contributed by atoms with van der Waals surface area (Å²) in [6.45, 7) is 5.61. The van der Waals surface area contributed by atoms with E-state index in [1.54, 1.807) is 20.9 Å². The van der Waals surface area contributed by atoms with Crippen LogP contribution < -0.4 is 10.6 Å². The quantitative estimate of drug-likeness (QED) is 0.598. The van der Waals surface area contributed by atoms with Crippen molar-refractivity contribution in [1.82, 2.24) is 10.6 Å². The molecule has 3 N–H and O–H groups in total. The van der Waals surface area contributed by atoms with E-state index in [1.807, 2.05) is 6.92 Å². The highest BCUT2D eigenvalue weighted by molar-refractivity contribution is 5.85. The number of carboxylic acids is 1. The number of rotatable bonds is 7. The van der Waals surface area contributed by atoms with Gasteiger partial charge in [-0.2, -0.15) is 0 Å². The molecule has 1 amide bonds. The second-order valence-electron chi connectivity index (χ2n) is 4.41. The van der Waals surface area contributed by atoms with Gasteiger partial charge >= 0.3 is 5.97 Å². The third-order valence-corrected chi connectivity index (χ3v) is 2.69. The van der Waals surface area contributed by atoms with E-state index in [1.165, 1.54) is 0 Å². The Labute approximate surface area is 96.6 Å². The van der Waals surface area contributed by atoms with Crippen LogP contribution in [0, 0.1) is 5.92 Å². The Morgan fingerprint density at radius 2 is 1.94 bits per heavy atom. The highest BCUT2D eigenvalue weighted by Crippen LogP contribution is 2.06. The summed E-state index contributed by atoms with van der Waals surface area (Å²) >= 11 is 0. The molecule has 0 rings (SSSR count). The van der Waals surface area contributed by atoms with Crippen LogP contribution in [0.15, 0.2) is 0 Å². The Balaban J connectivity index is 4.21. The molecule has 0 aromatic carbocycles. The van der Waals surface area contributed by atoms with E-state index in [0.717, 1.165) is 6.42 Å². The fourth-order valence-corrected chi connectivity index (χ4v) is 1.21. The molecule has 0 aliphatic heterocycles. The van der Waals surface area contributed by atoms with Gasteiger partial charge in [-0.15, -0.1) is 0 Å². The van der Waals surface area contributed by atoms with Gasteiger partial charge in [-0.05, 0) is 27.3 Å². The van der Waals surface area contributed by atoms with E-state index < -0.39 is 17.4 Å². The first kappa shape index (κ1) is 14.9. The van der Waals surface area contributed by atoms with Crippen molar-refractivity contribution in [2.45, 2.75) is 39.2 Å². The molecule has 94 valence electrons. The van der Waals surface area contributed by atoms with Crippen LogP contribution in [-0.4, -0.2) is 36.1 Å². The summed E-state index contributed by atoms with van der Waals surface area (Å²) in [6.07, 6.45) is 1.37. The lowest BCUT2D eigenvalue weighted by atomic mass is 10.0. The Bertz CT molecular complexity index is 252. The van der Waals surface area contributed by atoms with Crippen LogP contribution in [0.3, 0.4) is 0 Å². The molecule has 0 heterocycles. The maximum atomic E-state index is 11.7. The summed E-state index contributed by atoms with van der Waals surface area (Å²) in [4.78, 5) is 22.5. The van der Waals surface area contributed by atoms with Gasteiger partial charge in [-0.25, -0.2) is 0 Å². The number of hydrogen-bond donors (Lipinski definition) is 3. The zero-order valence-electron chi connectivity index (χ0n) is 10.5. The van der Waals surface area contributed by atoms with Gasteiger partial charge in [0.05, 0.1) is 11.5 Å². The van der Waals surface area contributed by atoms with Crippen molar-refractivity contribution in [2.24, 2.45) is 5.92 Å². The summed E-state index contributed by atoms with van der Waals surface area (Å²) in [5.74, 6) is -1.54. The largest absolute Gasteiger partial charge is 0.481 e. The van der Waals surface area contributed by atoms with E-state index in [-0.39, 0.29) is 12.5 Å². The van der Waals surface area contributed by atoms with Crippen molar-refractivity contribution < 1.29 is 14.7 Å². The number of amides is 1. The van der Waals surface area contributed by atoms with E-state index in [2.05, 4.69) is 10.6 Å². The molecule has 0 aromatic rings. The third kappa shape index (κ3) is 4.61.